The summed E-state index contributed by atoms with van der Waals surface area (Å²) in [5.41, 5.74) is 1.54. The zero-order valence-corrected chi connectivity index (χ0v) is 12.1. The molecule has 1 unspecified atom stereocenters. The van der Waals surface area contributed by atoms with Gasteiger partial charge in [0.1, 0.15) is 6.29 Å². The quantitative estimate of drug-likeness (QED) is 0.515. The van der Waals surface area contributed by atoms with Gasteiger partial charge in [-0.05, 0) is 16.3 Å². The molecule has 108 valence electrons. The third kappa shape index (κ3) is 2.96. The van der Waals surface area contributed by atoms with Gasteiger partial charge in [0.2, 0.25) is 0 Å². The van der Waals surface area contributed by atoms with E-state index in [1.54, 1.807) is 12.1 Å². The first-order valence-electron chi connectivity index (χ1n) is 7.30. The fraction of sp³-hybridized carbons (Fsp3) is 0.100. The van der Waals surface area contributed by atoms with E-state index in [4.69, 9.17) is 0 Å². The van der Waals surface area contributed by atoms with Gasteiger partial charge in [-0.2, -0.15) is 0 Å². The van der Waals surface area contributed by atoms with Gasteiger partial charge in [-0.3, -0.25) is 4.79 Å². The molecule has 0 amide bonds. The molecule has 0 saturated carbocycles. The van der Waals surface area contributed by atoms with E-state index in [1.165, 1.54) is 0 Å². The summed E-state index contributed by atoms with van der Waals surface area (Å²) in [6, 6.07) is 23.0. The molecule has 0 aliphatic heterocycles. The summed E-state index contributed by atoms with van der Waals surface area (Å²) in [7, 11) is 0. The Kier molecular flexibility index (Phi) is 4.10. The topological polar surface area (TPSA) is 34.1 Å². The van der Waals surface area contributed by atoms with Gasteiger partial charge in [-0.25, -0.2) is 0 Å². The van der Waals surface area contributed by atoms with Crippen molar-refractivity contribution in [3.05, 3.63) is 83.9 Å². The molecule has 0 heterocycles. The lowest BCUT2D eigenvalue weighted by atomic mass is 9.91. The highest BCUT2D eigenvalue weighted by atomic mass is 16.1. The highest BCUT2D eigenvalue weighted by Gasteiger charge is 2.16. The van der Waals surface area contributed by atoms with E-state index >= 15 is 0 Å². The second kappa shape index (κ2) is 6.35. The lowest BCUT2D eigenvalue weighted by Crippen LogP contribution is -2.08. The summed E-state index contributed by atoms with van der Waals surface area (Å²) < 4.78 is 0. The molecule has 3 rings (SSSR count). The van der Waals surface area contributed by atoms with Gasteiger partial charge in [0.05, 0.1) is 0 Å². The lowest BCUT2D eigenvalue weighted by molar-refractivity contribution is -0.109. The summed E-state index contributed by atoms with van der Waals surface area (Å²) in [5, 5.41) is 2.21. The van der Waals surface area contributed by atoms with Crippen LogP contribution in [0.25, 0.3) is 10.8 Å². The van der Waals surface area contributed by atoms with Gasteiger partial charge in [0.25, 0.3) is 0 Å². The number of fused-ring (bicyclic) bond motifs is 1. The van der Waals surface area contributed by atoms with Crippen molar-refractivity contribution in [3.63, 3.8) is 0 Å². The number of Topliss-reactive ketones (excluding diaryl/α,β-unsaturated/α-hetero) is 1. The Morgan fingerprint density at radius 3 is 2.27 bits per heavy atom. The molecule has 2 heteroatoms. The van der Waals surface area contributed by atoms with Crippen LogP contribution in [-0.4, -0.2) is 12.1 Å². The molecule has 0 fully saturated rings. The van der Waals surface area contributed by atoms with Gasteiger partial charge in [0, 0.05) is 17.9 Å². The van der Waals surface area contributed by atoms with Crippen LogP contribution in [0.3, 0.4) is 0 Å². The van der Waals surface area contributed by atoms with E-state index in [9.17, 15) is 9.59 Å². The number of hydrogen-bond acceptors (Lipinski definition) is 2. The van der Waals surface area contributed by atoms with Crippen LogP contribution in [0.1, 0.15) is 28.3 Å². The van der Waals surface area contributed by atoms with Crippen molar-refractivity contribution in [1.82, 2.24) is 0 Å². The van der Waals surface area contributed by atoms with Crippen molar-refractivity contribution in [3.8, 4) is 0 Å². The lowest BCUT2D eigenvalue weighted by Gasteiger charge is -2.11. The summed E-state index contributed by atoms with van der Waals surface area (Å²) in [5.74, 6) is -0.414. The summed E-state index contributed by atoms with van der Waals surface area (Å²) >= 11 is 0. The van der Waals surface area contributed by atoms with Crippen LogP contribution in [0.5, 0.6) is 0 Å². The molecular weight excluding hydrogens is 272 g/mol. The predicted molar refractivity (Wildman–Crippen MR) is 88.1 cm³/mol. The molecule has 0 aromatic heterocycles. The van der Waals surface area contributed by atoms with Crippen molar-refractivity contribution in [2.45, 2.75) is 12.3 Å². The Morgan fingerprint density at radius 1 is 0.864 bits per heavy atom. The van der Waals surface area contributed by atoms with Crippen LogP contribution in [-0.2, 0) is 4.79 Å². The van der Waals surface area contributed by atoms with Crippen molar-refractivity contribution in [2.75, 3.05) is 0 Å². The summed E-state index contributed by atoms with van der Waals surface area (Å²) in [6.45, 7) is 0. The Balaban J connectivity index is 1.86. The summed E-state index contributed by atoms with van der Waals surface area (Å²) in [4.78, 5) is 23.7. The van der Waals surface area contributed by atoms with E-state index < -0.39 is 5.92 Å². The molecule has 3 aromatic carbocycles. The van der Waals surface area contributed by atoms with Crippen LogP contribution >= 0.6 is 0 Å². The third-order valence-corrected chi connectivity index (χ3v) is 3.87. The van der Waals surface area contributed by atoms with Crippen molar-refractivity contribution in [2.24, 2.45) is 0 Å². The monoisotopic (exact) mass is 288 g/mol. The van der Waals surface area contributed by atoms with E-state index in [-0.39, 0.29) is 12.2 Å². The molecule has 0 aliphatic rings. The van der Waals surface area contributed by atoms with E-state index in [0.29, 0.717) is 5.56 Å². The zero-order valence-electron chi connectivity index (χ0n) is 12.1. The number of carbonyl (C=O) groups excluding carboxylic acids is 2. The fourth-order valence-corrected chi connectivity index (χ4v) is 2.62. The van der Waals surface area contributed by atoms with E-state index in [1.807, 2.05) is 60.7 Å². The van der Waals surface area contributed by atoms with Crippen molar-refractivity contribution in [1.29, 1.82) is 0 Å². The molecule has 2 nitrogen and oxygen atoms in total. The predicted octanol–water partition coefficient (Wildman–Crippen LogP) is 4.40. The Labute approximate surface area is 129 Å². The number of rotatable bonds is 5. The molecular formula is C20H16O2. The minimum atomic E-state index is -0.405. The first kappa shape index (κ1) is 14.2. The second-order valence-corrected chi connectivity index (χ2v) is 5.34. The van der Waals surface area contributed by atoms with Crippen LogP contribution in [0, 0.1) is 0 Å². The van der Waals surface area contributed by atoms with Crippen LogP contribution < -0.4 is 0 Å². The normalized spacial score (nSPS) is 12.0. The minimum Gasteiger partial charge on any atom is -0.303 e. The van der Waals surface area contributed by atoms with Crippen LogP contribution in [0.2, 0.25) is 0 Å². The van der Waals surface area contributed by atoms with Gasteiger partial charge in [-0.15, -0.1) is 0 Å². The van der Waals surface area contributed by atoms with Gasteiger partial charge >= 0.3 is 0 Å². The van der Waals surface area contributed by atoms with Gasteiger partial charge in [0.15, 0.2) is 5.78 Å². The van der Waals surface area contributed by atoms with Gasteiger partial charge in [-0.1, -0.05) is 72.8 Å². The number of benzene rings is 3. The molecule has 0 bridgehead atoms. The SMILES string of the molecule is O=CC(CC(=O)c1ccccc1)c1ccc2ccccc2c1. The van der Waals surface area contributed by atoms with Crippen molar-refractivity contribution >= 4 is 22.8 Å². The number of hydrogen-bond donors (Lipinski definition) is 0. The Morgan fingerprint density at radius 2 is 1.55 bits per heavy atom. The molecule has 22 heavy (non-hydrogen) atoms. The molecule has 0 radical (unpaired) electrons. The standard InChI is InChI=1S/C20H16O2/c21-14-19(13-20(22)16-7-2-1-3-8-16)18-11-10-15-6-4-5-9-17(15)12-18/h1-12,14,19H,13H2. The van der Waals surface area contributed by atoms with E-state index in [0.717, 1.165) is 22.6 Å². The highest BCUT2D eigenvalue weighted by molar-refractivity contribution is 5.98. The molecule has 0 aliphatic carbocycles. The first-order chi connectivity index (χ1) is 10.8. The maximum Gasteiger partial charge on any atom is 0.163 e. The molecule has 0 N–H and O–H groups in total. The largest absolute Gasteiger partial charge is 0.303 e. The average Bonchev–Trinajstić information content (AvgIpc) is 2.59. The molecule has 0 spiro atoms. The third-order valence-electron chi connectivity index (χ3n) is 3.87. The zero-order chi connectivity index (χ0) is 15.4. The fourth-order valence-electron chi connectivity index (χ4n) is 2.62. The number of carbonyl (C=O) groups is 2. The highest BCUT2D eigenvalue weighted by Crippen LogP contribution is 2.24. The summed E-state index contributed by atoms with van der Waals surface area (Å²) in [6.07, 6.45) is 1.07. The number of aldehydes is 1. The Bertz CT molecular complexity index is 806. The van der Waals surface area contributed by atoms with Gasteiger partial charge < -0.3 is 4.79 Å². The number of ketones is 1. The molecule has 0 saturated heterocycles. The first-order valence-corrected chi connectivity index (χ1v) is 7.30. The smallest absolute Gasteiger partial charge is 0.163 e. The second-order valence-electron chi connectivity index (χ2n) is 5.34. The van der Waals surface area contributed by atoms with Crippen LogP contribution in [0.4, 0.5) is 0 Å². The average molecular weight is 288 g/mol. The molecule has 3 aromatic rings. The molecule has 1 atom stereocenters. The van der Waals surface area contributed by atoms with E-state index in [2.05, 4.69) is 0 Å². The van der Waals surface area contributed by atoms with Crippen LogP contribution in [0.15, 0.2) is 72.8 Å². The van der Waals surface area contributed by atoms with Crippen molar-refractivity contribution < 1.29 is 9.59 Å². The minimum absolute atomic E-state index is 0.00846. The maximum atomic E-state index is 12.3. The maximum absolute atomic E-state index is 12.3. The Hall–Kier alpha value is -2.74.